The van der Waals surface area contributed by atoms with Crippen molar-refractivity contribution in [2.24, 2.45) is 5.92 Å². The molecule has 1 heterocycles. The zero-order chi connectivity index (χ0) is 16.7. The third-order valence-electron chi connectivity index (χ3n) is 3.65. The second-order valence-corrected chi connectivity index (χ2v) is 6.43. The summed E-state index contributed by atoms with van der Waals surface area (Å²) in [7, 11) is 0. The van der Waals surface area contributed by atoms with E-state index in [2.05, 4.69) is 85.5 Å². The molecule has 0 bridgehead atoms. The van der Waals surface area contributed by atoms with Gasteiger partial charge in [-0.15, -0.1) is 17.9 Å². The first kappa shape index (κ1) is 17.2. The third-order valence-corrected chi connectivity index (χ3v) is 4.45. The molecule has 1 unspecified atom stereocenters. The number of anilines is 1. The molecule has 3 heteroatoms. The van der Waals surface area contributed by atoms with Gasteiger partial charge in [0, 0.05) is 17.5 Å². The topological polar surface area (TPSA) is 24.9 Å². The highest BCUT2D eigenvalue weighted by molar-refractivity contribution is 7.14. The summed E-state index contributed by atoms with van der Waals surface area (Å²) in [6.07, 6.45) is 8.36. The normalized spacial score (nSPS) is 13.3. The fourth-order valence-corrected chi connectivity index (χ4v) is 2.72. The Kier molecular flexibility index (Phi) is 6.36. The van der Waals surface area contributed by atoms with Gasteiger partial charge in [-0.3, -0.25) is 0 Å². The summed E-state index contributed by atoms with van der Waals surface area (Å²) in [5.74, 6) is 0.387. The molecule has 0 fully saturated rings. The van der Waals surface area contributed by atoms with Crippen molar-refractivity contribution in [3.8, 4) is 11.3 Å². The van der Waals surface area contributed by atoms with Crippen molar-refractivity contribution in [2.75, 3.05) is 11.9 Å². The van der Waals surface area contributed by atoms with Gasteiger partial charge in [-0.2, -0.15) is 0 Å². The highest BCUT2D eigenvalue weighted by Crippen LogP contribution is 2.25. The maximum Gasteiger partial charge on any atom is 0.183 e. The van der Waals surface area contributed by atoms with Crippen LogP contribution in [0.3, 0.4) is 0 Å². The van der Waals surface area contributed by atoms with Gasteiger partial charge in [0.25, 0.3) is 0 Å². The Labute approximate surface area is 143 Å². The molecule has 0 spiro atoms. The molecule has 2 aromatic rings. The first-order valence-electron chi connectivity index (χ1n) is 7.84. The van der Waals surface area contributed by atoms with Crippen LogP contribution in [0.5, 0.6) is 0 Å². The van der Waals surface area contributed by atoms with Crippen LogP contribution in [0.1, 0.15) is 19.4 Å². The largest absolute Gasteiger partial charge is 0.357 e. The maximum atomic E-state index is 4.67. The number of aromatic nitrogens is 1. The van der Waals surface area contributed by atoms with Gasteiger partial charge in [-0.1, -0.05) is 61.1 Å². The van der Waals surface area contributed by atoms with Gasteiger partial charge in [-0.05, 0) is 25.3 Å². The van der Waals surface area contributed by atoms with E-state index in [0.717, 1.165) is 22.9 Å². The smallest absolute Gasteiger partial charge is 0.183 e. The van der Waals surface area contributed by atoms with Crippen LogP contribution in [-0.4, -0.2) is 11.5 Å². The monoisotopic (exact) mass is 324 g/mol. The van der Waals surface area contributed by atoms with E-state index in [1.165, 1.54) is 11.1 Å². The Balaban J connectivity index is 1.97. The van der Waals surface area contributed by atoms with Gasteiger partial charge < -0.3 is 5.32 Å². The number of hydrogen-bond acceptors (Lipinski definition) is 3. The van der Waals surface area contributed by atoms with Crippen LogP contribution in [0.2, 0.25) is 0 Å². The molecule has 0 radical (unpaired) electrons. The molecule has 120 valence electrons. The summed E-state index contributed by atoms with van der Waals surface area (Å²) in [5.41, 5.74) is 4.69. The molecule has 0 aliphatic carbocycles. The Morgan fingerprint density at radius 3 is 2.74 bits per heavy atom. The quantitative estimate of drug-likeness (QED) is 0.510. The number of hydrogen-bond donors (Lipinski definition) is 1. The number of aryl methyl sites for hydroxylation is 1. The standard InChI is InChI=1S/C20H24N2S/c1-5-15(3)7-10-17(6-2)13-21-20-22-19(14-23-20)18-11-8-16(4)9-12-18/h5-12,14-15H,1,13H2,2-4H3,(H,21,22)/b10-7-,17-6+. The van der Waals surface area contributed by atoms with E-state index in [4.69, 9.17) is 0 Å². The lowest BCUT2D eigenvalue weighted by Gasteiger charge is -2.04. The lowest BCUT2D eigenvalue weighted by atomic mass is 10.1. The maximum absolute atomic E-state index is 4.67. The van der Waals surface area contributed by atoms with E-state index in [9.17, 15) is 0 Å². The molecule has 2 rings (SSSR count). The van der Waals surface area contributed by atoms with Crippen LogP contribution < -0.4 is 5.32 Å². The van der Waals surface area contributed by atoms with Crippen molar-refractivity contribution < 1.29 is 0 Å². The summed E-state index contributed by atoms with van der Waals surface area (Å²) >= 11 is 1.64. The molecule has 23 heavy (non-hydrogen) atoms. The molecule has 0 amide bonds. The summed E-state index contributed by atoms with van der Waals surface area (Å²) < 4.78 is 0. The van der Waals surface area contributed by atoms with Crippen LogP contribution in [0.15, 0.2) is 66.1 Å². The minimum Gasteiger partial charge on any atom is -0.357 e. The molecule has 0 aliphatic heterocycles. The number of rotatable bonds is 7. The van der Waals surface area contributed by atoms with Gasteiger partial charge in [-0.25, -0.2) is 4.98 Å². The van der Waals surface area contributed by atoms with Crippen molar-refractivity contribution >= 4 is 16.5 Å². The van der Waals surface area contributed by atoms with Crippen molar-refractivity contribution in [3.05, 3.63) is 71.7 Å². The van der Waals surface area contributed by atoms with Crippen molar-refractivity contribution in [2.45, 2.75) is 20.8 Å². The third kappa shape index (κ3) is 5.22. The number of thiazole rings is 1. The summed E-state index contributed by atoms with van der Waals surface area (Å²) in [5, 5.41) is 6.45. The molecule has 0 saturated heterocycles. The lowest BCUT2D eigenvalue weighted by Crippen LogP contribution is -2.03. The highest BCUT2D eigenvalue weighted by atomic mass is 32.1. The lowest BCUT2D eigenvalue weighted by molar-refractivity contribution is 0.941. The Morgan fingerprint density at radius 1 is 1.35 bits per heavy atom. The number of allylic oxidation sites excluding steroid dienone is 3. The van der Waals surface area contributed by atoms with Crippen molar-refractivity contribution in [1.29, 1.82) is 0 Å². The summed E-state index contributed by atoms with van der Waals surface area (Å²) in [6, 6.07) is 8.46. The summed E-state index contributed by atoms with van der Waals surface area (Å²) in [4.78, 5) is 4.67. The van der Waals surface area contributed by atoms with Crippen LogP contribution in [0.25, 0.3) is 11.3 Å². The minimum absolute atomic E-state index is 0.387. The Hall–Kier alpha value is -2.13. The van der Waals surface area contributed by atoms with E-state index in [1.807, 2.05) is 6.08 Å². The molecule has 2 nitrogen and oxygen atoms in total. The van der Waals surface area contributed by atoms with E-state index >= 15 is 0 Å². The Morgan fingerprint density at radius 2 is 2.09 bits per heavy atom. The fraction of sp³-hybridized carbons (Fsp3) is 0.250. The SMILES string of the molecule is C=CC(C)/C=C\C(=C/C)CNc1nc(-c2ccc(C)cc2)cs1. The van der Waals surface area contributed by atoms with Crippen molar-refractivity contribution in [3.63, 3.8) is 0 Å². The van der Waals surface area contributed by atoms with Gasteiger partial charge >= 0.3 is 0 Å². The number of benzene rings is 1. The van der Waals surface area contributed by atoms with Crippen LogP contribution in [0, 0.1) is 12.8 Å². The first-order valence-corrected chi connectivity index (χ1v) is 8.72. The highest BCUT2D eigenvalue weighted by Gasteiger charge is 2.04. The molecule has 1 aromatic heterocycles. The Bertz CT molecular complexity index is 693. The van der Waals surface area contributed by atoms with Crippen LogP contribution in [-0.2, 0) is 0 Å². The van der Waals surface area contributed by atoms with Gasteiger partial charge in [0.2, 0.25) is 0 Å². The first-order chi connectivity index (χ1) is 11.1. The number of nitrogens with one attached hydrogen (secondary N) is 1. The van der Waals surface area contributed by atoms with Gasteiger partial charge in [0.05, 0.1) is 5.69 Å². The van der Waals surface area contributed by atoms with E-state index in [1.54, 1.807) is 11.3 Å². The average molecular weight is 324 g/mol. The van der Waals surface area contributed by atoms with Crippen LogP contribution in [0.4, 0.5) is 5.13 Å². The predicted molar refractivity (Wildman–Crippen MR) is 103 cm³/mol. The predicted octanol–water partition coefficient (Wildman–Crippen LogP) is 5.86. The average Bonchev–Trinajstić information content (AvgIpc) is 3.04. The number of nitrogens with zero attached hydrogens (tertiary/aromatic N) is 1. The minimum atomic E-state index is 0.387. The van der Waals surface area contributed by atoms with Crippen molar-refractivity contribution in [1.82, 2.24) is 4.98 Å². The zero-order valence-corrected chi connectivity index (χ0v) is 14.9. The molecular weight excluding hydrogens is 300 g/mol. The van der Waals surface area contributed by atoms with Gasteiger partial charge in [0.15, 0.2) is 5.13 Å². The van der Waals surface area contributed by atoms with Crippen LogP contribution >= 0.6 is 11.3 Å². The molecule has 1 atom stereocenters. The van der Waals surface area contributed by atoms with E-state index < -0.39 is 0 Å². The summed E-state index contributed by atoms with van der Waals surface area (Å²) in [6.45, 7) is 10.8. The zero-order valence-electron chi connectivity index (χ0n) is 14.0. The van der Waals surface area contributed by atoms with E-state index in [-0.39, 0.29) is 0 Å². The fourth-order valence-electron chi connectivity index (χ4n) is 2.00. The molecule has 1 aromatic carbocycles. The van der Waals surface area contributed by atoms with E-state index in [0.29, 0.717) is 5.92 Å². The second-order valence-electron chi connectivity index (χ2n) is 5.58. The molecule has 1 N–H and O–H groups in total. The molecular formula is C20H24N2S. The second kappa shape index (κ2) is 8.49. The molecule has 0 saturated carbocycles. The van der Waals surface area contributed by atoms with Gasteiger partial charge in [0.1, 0.15) is 0 Å². The molecule has 0 aliphatic rings.